The maximum absolute atomic E-state index is 13.7. The zero-order chi connectivity index (χ0) is 23.5. The predicted molar refractivity (Wildman–Crippen MR) is 134 cm³/mol. The van der Waals surface area contributed by atoms with Gasteiger partial charge < -0.3 is 9.47 Å². The number of anilines is 1. The minimum absolute atomic E-state index is 0.206. The summed E-state index contributed by atoms with van der Waals surface area (Å²) in [6.45, 7) is 12.1. The molecule has 0 N–H and O–H groups in total. The van der Waals surface area contributed by atoms with Crippen molar-refractivity contribution >= 4 is 15.7 Å². The van der Waals surface area contributed by atoms with E-state index in [9.17, 15) is 8.42 Å². The zero-order valence-electron chi connectivity index (χ0n) is 20.2. The van der Waals surface area contributed by atoms with Gasteiger partial charge in [0, 0.05) is 31.5 Å². The highest BCUT2D eigenvalue weighted by Crippen LogP contribution is 2.48. The number of hydrogen-bond donors (Lipinski definition) is 0. The van der Waals surface area contributed by atoms with Crippen LogP contribution < -0.4 is 4.90 Å². The number of fused-ring (bicyclic) bond motifs is 4. The summed E-state index contributed by atoms with van der Waals surface area (Å²) < 4.78 is 31.4. The Balaban J connectivity index is 1.53. The SMILES string of the molecule is CCN1c2cc(C)ccc2-n2cccc2C12CCN(S(=O)(=O)c1c(C)cc(C)cc1C)CC2. The van der Waals surface area contributed by atoms with Gasteiger partial charge in [0.25, 0.3) is 0 Å². The normalized spacial score (nSPS) is 17.8. The van der Waals surface area contributed by atoms with Gasteiger partial charge in [-0.15, -0.1) is 0 Å². The van der Waals surface area contributed by atoms with Crippen LogP contribution >= 0.6 is 0 Å². The van der Waals surface area contributed by atoms with Crippen LogP contribution in [0.3, 0.4) is 0 Å². The summed E-state index contributed by atoms with van der Waals surface area (Å²) in [6, 6.07) is 14.9. The van der Waals surface area contributed by atoms with Crippen LogP contribution in [0.15, 0.2) is 53.6 Å². The Morgan fingerprint density at radius 1 is 0.879 bits per heavy atom. The summed E-state index contributed by atoms with van der Waals surface area (Å²) in [5.41, 5.74) is 7.50. The van der Waals surface area contributed by atoms with E-state index in [2.05, 4.69) is 59.8 Å². The molecule has 2 aliphatic heterocycles. The van der Waals surface area contributed by atoms with Gasteiger partial charge in [-0.1, -0.05) is 23.8 Å². The number of hydrogen-bond acceptors (Lipinski definition) is 3. The zero-order valence-corrected chi connectivity index (χ0v) is 21.0. The third kappa shape index (κ3) is 3.26. The lowest BCUT2D eigenvalue weighted by Crippen LogP contribution is -2.57. The first-order valence-electron chi connectivity index (χ1n) is 11.8. The second-order valence-electron chi connectivity index (χ2n) is 9.66. The average molecular weight is 464 g/mol. The van der Waals surface area contributed by atoms with Gasteiger partial charge in [-0.25, -0.2) is 8.42 Å². The lowest BCUT2D eigenvalue weighted by Gasteiger charge is -2.52. The summed E-state index contributed by atoms with van der Waals surface area (Å²) >= 11 is 0. The van der Waals surface area contributed by atoms with E-state index in [0.29, 0.717) is 18.0 Å². The molecule has 0 unspecified atom stereocenters. The van der Waals surface area contributed by atoms with Gasteiger partial charge in [-0.05, 0) is 88.4 Å². The average Bonchev–Trinajstić information content (AvgIpc) is 3.24. The van der Waals surface area contributed by atoms with Gasteiger partial charge in [-0.3, -0.25) is 0 Å². The smallest absolute Gasteiger partial charge is 0.243 e. The molecule has 33 heavy (non-hydrogen) atoms. The van der Waals surface area contributed by atoms with E-state index in [4.69, 9.17) is 0 Å². The lowest BCUT2D eigenvalue weighted by atomic mass is 9.81. The Bertz CT molecular complexity index is 1310. The van der Waals surface area contributed by atoms with E-state index in [0.717, 1.165) is 36.1 Å². The van der Waals surface area contributed by atoms with Crippen molar-refractivity contribution in [3.8, 4) is 5.69 Å². The Morgan fingerprint density at radius 2 is 1.55 bits per heavy atom. The molecule has 1 spiro atoms. The maximum Gasteiger partial charge on any atom is 0.243 e. The minimum atomic E-state index is -3.54. The molecule has 0 amide bonds. The number of nitrogens with zero attached hydrogens (tertiary/aromatic N) is 3. The highest BCUT2D eigenvalue weighted by molar-refractivity contribution is 7.89. The van der Waals surface area contributed by atoms with Crippen molar-refractivity contribution in [2.24, 2.45) is 0 Å². The number of rotatable bonds is 3. The van der Waals surface area contributed by atoms with Crippen molar-refractivity contribution in [1.82, 2.24) is 8.87 Å². The van der Waals surface area contributed by atoms with Crippen molar-refractivity contribution < 1.29 is 8.42 Å². The van der Waals surface area contributed by atoms with Crippen LogP contribution in [0.4, 0.5) is 5.69 Å². The van der Waals surface area contributed by atoms with Crippen molar-refractivity contribution in [2.45, 2.75) is 57.9 Å². The molecule has 0 aliphatic carbocycles. The molecule has 0 saturated carbocycles. The molecule has 174 valence electrons. The molecule has 5 nitrogen and oxygen atoms in total. The van der Waals surface area contributed by atoms with Crippen molar-refractivity contribution in [1.29, 1.82) is 0 Å². The third-order valence-electron chi connectivity index (χ3n) is 7.49. The van der Waals surface area contributed by atoms with Gasteiger partial charge in [0.1, 0.15) is 0 Å². The Hall–Kier alpha value is -2.57. The molecule has 3 aromatic rings. The van der Waals surface area contributed by atoms with Crippen LogP contribution in [0.1, 0.15) is 47.7 Å². The first kappa shape index (κ1) is 22.2. The molecule has 6 heteroatoms. The summed E-state index contributed by atoms with van der Waals surface area (Å²) in [5, 5.41) is 0. The number of aryl methyl sites for hydroxylation is 4. The molecule has 0 bridgehead atoms. The first-order chi connectivity index (χ1) is 15.7. The van der Waals surface area contributed by atoms with E-state index in [1.54, 1.807) is 4.31 Å². The minimum Gasteiger partial charge on any atom is -0.359 e. The van der Waals surface area contributed by atoms with E-state index in [-0.39, 0.29) is 5.54 Å². The fourth-order valence-corrected chi connectivity index (χ4v) is 8.04. The van der Waals surface area contributed by atoms with E-state index in [1.165, 1.54) is 22.6 Å². The quantitative estimate of drug-likeness (QED) is 0.534. The van der Waals surface area contributed by atoms with Crippen LogP contribution in [0, 0.1) is 27.7 Å². The molecule has 3 heterocycles. The van der Waals surface area contributed by atoms with Gasteiger partial charge in [0.2, 0.25) is 10.0 Å². The molecule has 1 aromatic heterocycles. The van der Waals surface area contributed by atoms with Gasteiger partial charge in [0.05, 0.1) is 21.8 Å². The molecule has 1 saturated heterocycles. The highest BCUT2D eigenvalue weighted by atomic mass is 32.2. The summed E-state index contributed by atoms with van der Waals surface area (Å²) in [4.78, 5) is 2.99. The molecule has 2 aromatic carbocycles. The number of piperidine rings is 1. The first-order valence-corrected chi connectivity index (χ1v) is 13.3. The molecule has 0 radical (unpaired) electrons. The van der Waals surface area contributed by atoms with Crippen molar-refractivity contribution in [3.05, 3.63) is 76.6 Å². The van der Waals surface area contributed by atoms with Gasteiger partial charge >= 0.3 is 0 Å². The molecule has 2 aliphatic rings. The largest absolute Gasteiger partial charge is 0.359 e. The molecule has 1 fully saturated rings. The topological polar surface area (TPSA) is 45.5 Å². The summed E-state index contributed by atoms with van der Waals surface area (Å²) in [6.07, 6.45) is 3.67. The molecular weight excluding hydrogens is 430 g/mol. The van der Waals surface area contributed by atoms with E-state index < -0.39 is 10.0 Å². The number of benzene rings is 2. The highest BCUT2D eigenvalue weighted by Gasteiger charge is 2.48. The summed E-state index contributed by atoms with van der Waals surface area (Å²) in [7, 11) is -3.54. The molecule has 0 atom stereocenters. The number of sulfonamides is 1. The van der Waals surface area contributed by atoms with Crippen LogP contribution in [-0.4, -0.2) is 36.9 Å². The van der Waals surface area contributed by atoms with Crippen LogP contribution in [0.2, 0.25) is 0 Å². The van der Waals surface area contributed by atoms with Crippen LogP contribution in [0.5, 0.6) is 0 Å². The molecule has 5 rings (SSSR count). The Labute approximate surface area is 197 Å². The van der Waals surface area contributed by atoms with Crippen LogP contribution in [0.25, 0.3) is 5.69 Å². The number of aromatic nitrogens is 1. The fourth-order valence-electron chi connectivity index (χ4n) is 6.19. The van der Waals surface area contributed by atoms with E-state index in [1.807, 2.05) is 32.9 Å². The van der Waals surface area contributed by atoms with Crippen LogP contribution in [-0.2, 0) is 15.6 Å². The standard InChI is InChI=1S/C27H33N3O2S/c1-6-30-24-18-19(2)9-10-23(24)29-13-7-8-25(29)27(30)11-14-28(15-12-27)33(31,32)26-21(4)16-20(3)17-22(26)5/h7-10,13,16-18H,6,11-12,14-15H2,1-5H3. The third-order valence-corrected chi connectivity index (χ3v) is 9.70. The van der Waals surface area contributed by atoms with E-state index >= 15 is 0 Å². The summed E-state index contributed by atoms with van der Waals surface area (Å²) in [5.74, 6) is 0. The van der Waals surface area contributed by atoms with Crippen molar-refractivity contribution in [2.75, 3.05) is 24.5 Å². The fraction of sp³-hybridized carbons (Fsp3) is 0.407. The Kier molecular flexibility index (Phi) is 5.22. The van der Waals surface area contributed by atoms with Crippen molar-refractivity contribution in [3.63, 3.8) is 0 Å². The monoisotopic (exact) mass is 463 g/mol. The molecular formula is C27H33N3O2S. The second-order valence-corrected chi connectivity index (χ2v) is 11.5. The van der Waals surface area contributed by atoms with Gasteiger partial charge in [-0.2, -0.15) is 4.31 Å². The lowest BCUT2D eigenvalue weighted by molar-refractivity contribution is 0.214. The second kappa shape index (κ2) is 7.74. The maximum atomic E-state index is 13.7. The predicted octanol–water partition coefficient (Wildman–Crippen LogP) is 5.23. The Morgan fingerprint density at radius 3 is 2.18 bits per heavy atom. The van der Waals surface area contributed by atoms with Gasteiger partial charge in [0.15, 0.2) is 0 Å².